The zero-order chi connectivity index (χ0) is 11.8. The highest BCUT2D eigenvalue weighted by Crippen LogP contribution is 2.13. The van der Waals surface area contributed by atoms with E-state index in [2.05, 4.69) is 18.0 Å². The van der Waals surface area contributed by atoms with Crippen LogP contribution in [0.5, 0.6) is 5.75 Å². The van der Waals surface area contributed by atoms with Crippen molar-refractivity contribution in [3.8, 4) is 5.75 Å². The summed E-state index contributed by atoms with van der Waals surface area (Å²) in [6.45, 7) is 2.11. The number of hydrogen-bond acceptors (Lipinski definition) is 2. The van der Waals surface area contributed by atoms with E-state index >= 15 is 0 Å². The third-order valence-electron chi connectivity index (χ3n) is 1.90. The van der Waals surface area contributed by atoms with Crippen molar-refractivity contribution in [3.05, 3.63) is 35.9 Å². The molecule has 0 aliphatic carbocycles. The van der Waals surface area contributed by atoms with E-state index in [4.69, 9.17) is 4.74 Å². The molecule has 1 rings (SSSR count). The average molecular weight is 234 g/mol. The molecule has 0 fully saturated rings. The van der Waals surface area contributed by atoms with Crippen LogP contribution >= 0.6 is 7.55 Å². The molecule has 84 valence electrons. The summed E-state index contributed by atoms with van der Waals surface area (Å²) in [6, 6.07) is 7.91. The Morgan fingerprint density at radius 3 is 3.00 bits per heavy atom. The van der Waals surface area contributed by atoms with Crippen LogP contribution < -0.4 is 4.74 Å². The molecule has 0 saturated carbocycles. The number of ether oxygens (including phenoxy) is 1. The van der Waals surface area contributed by atoms with Crippen LogP contribution in [0.15, 0.2) is 35.3 Å². The molecule has 0 amide bonds. The molecular formula is C13H17NOP+. The third kappa shape index (κ3) is 4.90. The van der Waals surface area contributed by atoms with E-state index < -0.39 is 0 Å². The van der Waals surface area contributed by atoms with Crippen LogP contribution in [0.4, 0.5) is 0 Å². The number of hydrogen-bond donors (Lipinski definition) is 0. The topological polar surface area (TPSA) is 21.6 Å². The Morgan fingerprint density at radius 2 is 2.31 bits per heavy atom. The van der Waals surface area contributed by atoms with Gasteiger partial charge in [-0.1, -0.05) is 18.2 Å². The van der Waals surface area contributed by atoms with Crippen LogP contribution in [0.3, 0.4) is 0 Å². The first-order chi connectivity index (χ1) is 7.72. The zero-order valence-electron chi connectivity index (χ0n) is 9.76. The lowest BCUT2D eigenvalue weighted by molar-refractivity contribution is 0.414. The standard InChI is InChI=1S/C13H17NOP/c1-15-13-8-4-6-12(10-13)7-5-9-14-11-16(2)3/h4-10H,2,11H2,1,3H3/q+1. The highest BCUT2D eigenvalue weighted by Gasteiger charge is 1.91. The monoisotopic (exact) mass is 234 g/mol. The van der Waals surface area contributed by atoms with Crippen LogP contribution in [-0.4, -0.2) is 32.6 Å². The van der Waals surface area contributed by atoms with Gasteiger partial charge >= 0.3 is 0 Å². The fraction of sp³-hybridized carbons (Fsp3) is 0.231. The largest absolute Gasteiger partial charge is 0.497 e. The Bertz CT molecular complexity index is 410. The predicted octanol–water partition coefficient (Wildman–Crippen LogP) is 3.28. The minimum Gasteiger partial charge on any atom is -0.497 e. The van der Waals surface area contributed by atoms with Gasteiger partial charge in [-0.3, -0.25) is 0 Å². The molecular weight excluding hydrogens is 217 g/mol. The van der Waals surface area contributed by atoms with E-state index in [0.29, 0.717) is 0 Å². The number of methoxy groups -OCH3 is 1. The summed E-state index contributed by atoms with van der Waals surface area (Å²) in [5.74, 6) is 0.869. The Morgan fingerprint density at radius 1 is 1.50 bits per heavy atom. The Hall–Kier alpha value is -1.40. The molecule has 0 spiro atoms. The molecule has 0 saturated heterocycles. The number of benzene rings is 1. The molecule has 0 bridgehead atoms. The lowest BCUT2D eigenvalue weighted by Gasteiger charge is -1.99. The second kappa shape index (κ2) is 6.97. The first kappa shape index (κ1) is 12.7. The van der Waals surface area contributed by atoms with Gasteiger partial charge in [0.15, 0.2) is 6.29 Å². The summed E-state index contributed by atoms with van der Waals surface area (Å²) in [7, 11) is 1.49. The minimum absolute atomic E-state index is 0.181. The van der Waals surface area contributed by atoms with Crippen LogP contribution in [0.2, 0.25) is 0 Å². The number of aliphatic imine (C=N–C) groups is 1. The van der Waals surface area contributed by atoms with Gasteiger partial charge in [-0.05, 0) is 23.8 Å². The van der Waals surface area contributed by atoms with E-state index in [1.165, 1.54) is 0 Å². The SMILES string of the molecule is C=[P+](C)CN=CC=Cc1cccc(OC)c1. The quantitative estimate of drug-likeness (QED) is 0.566. The van der Waals surface area contributed by atoms with Crippen LogP contribution in [0, 0.1) is 0 Å². The molecule has 1 aromatic rings. The molecule has 3 heteroatoms. The van der Waals surface area contributed by atoms with Gasteiger partial charge in [-0.2, -0.15) is 0 Å². The van der Waals surface area contributed by atoms with Gasteiger partial charge in [0.1, 0.15) is 13.3 Å². The van der Waals surface area contributed by atoms with E-state index in [1.54, 1.807) is 7.11 Å². The fourth-order valence-electron chi connectivity index (χ4n) is 1.15. The molecule has 16 heavy (non-hydrogen) atoms. The van der Waals surface area contributed by atoms with Crippen LogP contribution in [0.25, 0.3) is 6.08 Å². The molecule has 2 nitrogen and oxygen atoms in total. The van der Waals surface area contributed by atoms with Crippen molar-refractivity contribution in [2.45, 2.75) is 0 Å². The second-order valence-electron chi connectivity index (χ2n) is 3.46. The first-order valence-corrected chi connectivity index (χ1v) is 7.20. The van der Waals surface area contributed by atoms with Crippen molar-refractivity contribution < 1.29 is 4.74 Å². The predicted molar refractivity (Wildman–Crippen MR) is 75.4 cm³/mol. The molecule has 0 aliphatic rings. The minimum atomic E-state index is -0.181. The van der Waals surface area contributed by atoms with Crippen LogP contribution in [-0.2, 0) is 0 Å². The van der Waals surface area contributed by atoms with Crippen molar-refractivity contribution in [2.75, 3.05) is 20.1 Å². The molecule has 1 unspecified atom stereocenters. The summed E-state index contributed by atoms with van der Waals surface area (Å²) in [6.07, 6.45) is 10.5. The van der Waals surface area contributed by atoms with Gasteiger partial charge in [0.05, 0.1) is 20.1 Å². The van der Waals surface area contributed by atoms with E-state index in [9.17, 15) is 0 Å². The zero-order valence-corrected chi connectivity index (χ0v) is 10.7. The maximum absolute atomic E-state index is 5.14. The Kier molecular flexibility index (Phi) is 5.52. The molecule has 0 N–H and O–H groups in total. The lowest BCUT2D eigenvalue weighted by Crippen LogP contribution is -1.82. The number of allylic oxidation sites excluding steroid dienone is 1. The molecule has 1 atom stereocenters. The fourth-order valence-corrected chi connectivity index (χ4v) is 1.52. The number of nitrogens with zero attached hydrogens (tertiary/aromatic N) is 1. The van der Waals surface area contributed by atoms with Crippen molar-refractivity contribution in [3.63, 3.8) is 0 Å². The van der Waals surface area contributed by atoms with Crippen molar-refractivity contribution in [1.82, 2.24) is 0 Å². The second-order valence-corrected chi connectivity index (χ2v) is 5.46. The summed E-state index contributed by atoms with van der Waals surface area (Å²) >= 11 is 0. The lowest BCUT2D eigenvalue weighted by atomic mass is 10.2. The maximum Gasteiger partial charge on any atom is 0.194 e. The smallest absolute Gasteiger partial charge is 0.194 e. The first-order valence-electron chi connectivity index (χ1n) is 5.04. The summed E-state index contributed by atoms with van der Waals surface area (Å²) in [4.78, 5) is 4.25. The summed E-state index contributed by atoms with van der Waals surface area (Å²) in [5.41, 5.74) is 1.11. The van der Waals surface area contributed by atoms with Gasteiger partial charge in [0, 0.05) is 6.21 Å². The van der Waals surface area contributed by atoms with Crippen molar-refractivity contribution in [2.24, 2.45) is 4.99 Å². The Labute approximate surface area is 98.1 Å². The van der Waals surface area contributed by atoms with Crippen LogP contribution in [0.1, 0.15) is 5.56 Å². The van der Waals surface area contributed by atoms with Gasteiger partial charge in [0.25, 0.3) is 0 Å². The molecule has 0 heterocycles. The average Bonchev–Trinajstić information content (AvgIpc) is 2.28. The summed E-state index contributed by atoms with van der Waals surface area (Å²) < 4.78 is 5.14. The highest BCUT2D eigenvalue weighted by molar-refractivity contribution is 7.54. The normalized spacial score (nSPS) is 12.2. The van der Waals surface area contributed by atoms with Crippen molar-refractivity contribution >= 4 is 26.1 Å². The maximum atomic E-state index is 5.14. The third-order valence-corrected chi connectivity index (χ3v) is 2.54. The van der Waals surface area contributed by atoms with Gasteiger partial charge in [-0.15, -0.1) is 0 Å². The van der Waals surface area contributed by atoms with Gasteiger partial charge in [-0.25, -0.2) is 4.99 Å². The molecule has 0 aromatic heterocycles. The Balaban J connectivity index is 2.55. The number of rotatable bonds is 5. The van der Waals surface area contributed by atoms with E-state index in [1.807, 2.05) is 42.6 Å². The molecule has 0 aliphatic heterocycles. The van der Waals surface area contributed by atoms with E-state index in [-0.39, 0.29) is 7.55 Å². The van der Waals surface area contributed by atoms with Gasteiger partial charge in [0.2, 0.25) is 0 Å². The van der Waals surface area contributed by atoms with Crippen molar-refractivity contribution in [1.29, 1.82) is 0 Å². The highest BCUT2D eigenvalue weighted by atomic mass is 31.1. The molecule has 0 radical (unpaired) electrons. The summed E-state index contributed by atoms with van der Waals surface area (Å²) in [5, 5.41) is 0. The van der Waals surface area contributed by atoms with Gasteiger partial charge < -0.3 is 4.74 Å². The van der Waals surface area contributed by atoms with E-state index in [0.717, 1.165) is 17.6 Å². The molecule has 1 aromatic carbocycles.